The lowest BCUT2D eigenvalue weighted by atomic mass is 9.65. The summed E-state index contributed by atoms with van der Waals surface area (Å²) in [6, 6.07) is 4.58. The smallest absolute Gasteiger partial charge is 0.0586 e. The van der Waals surface area contributed by atoms with E-state index in [-0.39, 0.29) is 10.8 Å². The quantitative estimate of drug-likeness (QED) is 0.903. The van der Waals surface area contributed by atoms with Gasteiger partial charge in [0.2, 0.25) is 0 Å². The first-order valence-corrected chi connectivity index (χ1v) is 7.16. The number of benzene rings is 1. The Morgan fingerprint density at radius 2 is 1.68 bits per heavy atom. The number of ether oxygens (including phenoxy) is 1. The van der Waals surface area contributed by atoms with Crippen molar-refractivity contribution >= 4 is 0 Å². The third-order valence-corrected chi connectivity index (χ3v) is 4.33. The molecule has 19 heavy (non-hydrogen) atoms. The third-order valence-electron chi connectivity index (χ3n) is 4.33. The van der Waals surface area contributed by atoms with E-state index in [1.807, 2.05) is 0 Å². The summed E-state index contributed by atoms with van der Waals surface area (Å²) in [6.45, 7) is 13.5. The highest BCUT2D eigenvalue weighted by molar-refractivity contribution is 5.44. The number of aryl methyl sites for hydroxylation is 3. The minimum atomic E-state index is 0.160. The van der Waals surface area contributed by atoms with Crippen LogP contribution >= 0.6 is 0 Å². The Labute approximate surface area is 117 Å². The van der Waals surface area contributed by atoms with Crippen LogP contribution in [0.4, 0.5) is 0 Å². The van der Waals surface area contributed by atoms with E-state index in [4.69, 9.17) is 10.5 Å². The monoisotopic (exact) mass is 261 g/mol. The van der Waals surface area contributed by atoms with Crippen LogP contribution in [-0.2, 0) is 10.2 Å². The van der Waals surface area contributed by atoms with Crippen LogP contribution in [0.1, 0.15) is 42.5 Å². The summed E-state index contributed by atoms with van der Waals surface area (Å²) in [7, 11) is 0. The lowest BCUT2D eigenvalue weighted by Gasteiger charge is -2.47. The van der Waals surface area contributed by atoms with Gasteiger partial charge in [0.25, 0.3) is 0 Å². The molecule has 0 aromatic heterocycles. The van der Waals surface area contributed by atoms with Gasteiger partial charge in [0.15, 0.2) is 0 Å². The van der Waals surface area contributed by atoms with E-state index in [1.165, 1.54) is 22.3 Å². The van der Waals surface area contributed by atoms with E-state index in [0.29, 0.717) is 0 Å². The van der Waals surface area contributed by atoms with Gasteiger partial charge in [-0.2, -0.15) is 0 Å². The topological polar surface area (TPSA) is 35.2 Å². The van der Waals surface area contributed by atoms with E-state index < -0.39 is 0 Å². The predicted octanol–water partition coefficient (Wildman–Crippen LogP) is 3.25. The lowest BCUT2D eigenvalue weighted by molar-refractivity contribution is -0.0791. The Bertz CT molecular complexity index is 449. The molecule has 0 aliphatic carbocycles. The molecule has 0 radical (unpaired) electrons. The first-order valence-electron chi connectivity index (χ1n) is 7.16. The van der Waals surface area contributed by atoms with E-state index in [0.717, 1.165) is 26.2 Å². The first-order chi connectivity index (χ1) is 8.80. The van der Waals surface area contributed by atoms with Crippen molar-refractivity contribution < 1.29 is 4.74 Å². The van der Waals surface area contributed by atoms with Crippen LogP contribution in [0.15, 0.2) is 12.1 Å². The zero-order valence-electron chi connectivity index (χ0n) is 13.0. The molecule has 0 unspecified atom stereocenters. The van der Waals surface area contributed by atoms with Gasteiger partial charge in [0, 0.05) is 5.41 Å². The van der Waals surface area contributed by atoms with Gasteiger partial charge in [-0.25, -0.2) is 0 Å². The molecule has 0 spiro atoms. The fraction of sp³-hybridized carbons (Fsp3) is 0.647. The van der Waals surface area contributed by atoms with Crippen LogP contribution in [0.2, 0.25) is 0 Å². The molecule has 1 aromatic carbocycles. The van der Waals surface area contributed by atoms with Gasteiger partial charge < -0.3 is 10.5 Å². The maximum atomic E-state index is 5.93. The molecule has 0 atom stereocenters. The summed E-state index contributed by atoms with van der Waals surface area (Å²) in [5, 5.41) is 0. The fourth-order valence-corrected chi connectivity index (χ4v) is 3.69. The molecule has 1 heterocycles. The molecule has 2 rings (SSSR count). The van der Waals surface area contributed by atoms with E-state index in [1.54, 1.807) is 0 Å². The number of hydrogen-bond donors (Lipinski definition) is 1. The Kier molecular flexibility index (Phi) is 3.76. The molecule has 2 nitrogen and oxygen atoms in total. The molecule has 1 saturated heterocycles. The van der Waals surface area contributed by atoms with Crippen molar-refractivity contribution in [2.45, 2.75) is 46.5 Å². The predicted molar refractivity (Wildman–Crippen MR) is 80.6 cm³/mol. The van der Waals surface area contributed by atoms with Crippen LogP contribution in [0.5, 0.6) is 0 Å². The molecule has 0 saturated carbocycles. The minimum absolute atomic E-state index is 0.160. The molecule has 1 aliphatic rings. The van der Waals surface area contributed by atoms with E-state index >= 15 is 0 Å². The molecule has 2 heteroatoms. The number of nitrogens with two attached hydrogens (primary N) is 1. The van der Waals surface area contributed by atoms with Crippen molar-refractivity contribution in [1.29, 1.82) is 0 Å². The second-order valence-corrected chi connectivity index (χ2v) is 7.09. The van der Waals surface area contributed by atoms with Gasteiger partial charge >= 0.3 is 0 Å². The summed E-state index contributed by atoms with van der Waals surface area (Å²) in [5.74, 6) is 0. The van der Waals surface area contributed by atoms with Gasteiger partial charge in [0.1, 0.15) is 0 Å². The van der Waals surface area contributed by atoms with Crippen molar-refractivity contribution in [1.82, 2.24) is 0 Å². The average Bonchev–Trinajstić information content (AvgIpc) is 2.24. The summed E-state index contributed by atoms with van der Waals surface area (Å²) < 4.78 is 5.58. The molecular formula is C17H27NO. The highest BCUT2D eigenvalue weighted by Crippen LogP contribution is 2.44. The molecule has 0 bridgehead atoms. The van der Waals surface area contributed by atoms with Crippen LogP contribution < -0.4 is 5.73 Å². The second-order valence-electron chi connectivity index (χ2n) is 7.09. The van der Waals surface area contributed by atoms with Crippen LogP contribution in [0, 0.1) is 26.2 Å². The standard InChI is InChI=1S/C17H27NO/c1-12-6-13(2)15(14(3)7-12)17(10-19-11-17)8-16(4,5)9-18/h6-7H,8-11,18H2,1-5H3. The average molecular weight is 261 g/mol. The van der Waals surface area contributed by atoms with Gasteiger partial charge in [-0.1, -0.05) is 31.5 Å². The van der Waals surface area contributed by atoms with Crippen LogP contribution in [-0.4, -0.2) is 19.8 Å². The molecule has 106 valence electrons. The molecule has 0 amide bonds. The lowest BCUT2D eigenvalue weighted by Crippen LogP contribution is -2.51. The maximum Gasteiger partial charge on any atom is 0.0586 e. The zero-order chi connectivity index (χ0) is 14.3. The van der Waals surface area contributed by atoms with Crippen LogP contribution in [0.3, 0.4) is 0 Å². The molecule has 1 fully saturated rings. The highest BCUT2D eigenvalue weighted by atomic mass is 16.5. The Morgan fingerprint density at radius 3 is 2.05 bits per heavy atom. The van der Waals surface area contributed by atoms with Gasteiger partial charge in [-0.05, 0) is 55.8 Å². The van der Waals surface area contributed by atoms with E-state index in [9.17, 15) is 0 Å². The minimum Gasteiger partial charge on any atom is -0.379 e. The highest BCUT2D eigenvalue weighted by Gasteiger charge is 2.45. The van der Waals surface area contributed by atoms with Crippen molar-refractivity contribution in [3.8, 4) is 0 Å². The SMILES string of the molecule is Cc1cc(C)c(C2(CC(C)(C)CN)COC2)c(C)c1. The summed E-state index contributed by atoms with van der Waals surface area (Å²) >= 11 is 0. The summed E-state index contributed by atoms with van der Waals surface area (Å²) in [4.78, 5) is 0. The normalized spacial score (nSPS) is 18.2. The van der Waals surface area contributed by atoms with Crippen LogP contribution in [0.25, 0.3) is 0 Å². The van der Waals surface area contributed by atoms with Gasteiger partial charge in [0.05, 0.1) is 13.2 Å². The molecular weight excluding hydrogens is 234 g/mol. The Hall–Kier alpha value is -0.860. The number of rotatable bonds is 4. The maximum absolute atomic E-state index is 5.93. The van der Waals surface area contributed by atoms with Gasteiger partial charge in [-0.3, -0.25) is 0 Å². The van der Waals surface area contributed by atoms with Crippen molar-refractivity contribution in [2.24, 2.45) is 11.1 Å². The second kappa shape index (κ2) is 4.92. The Balaban J connectivity index is 2.42. The van der Waals surface area contributed by atoms with Crippen molar-refractivity contribution in [3.05, 3.63) is 34.4 Å². The van der Waals surface area contributed by atoms with E-state index in [2.05, 4.69) is 46.8 Å². The molecule has 1 aliphatic heterocycles. The Morgan fingerprint density at radius 1 is 1.16 bits per heavy atom. The van der Waals surface area contributed by atoms with Crippen molar-refractivity contribution in [3.63, 3.8) is 0 Å². The number of hydrogen-bond acceptors (Lipinski definition) is 2. The molecule has 2 N–H and O–H groups in total. The third kappa shape index (κ3) is 2.70. The van der Waals surface area contributed by atoms with Gasteiger partial charge in [-0.15, -0.1) is 0 Å². The fourth-order valence-electron chi connectivity index (χ4n) is 3.69. The largest absolute Gasteiger partial charge is 0.379 e. The molecule has 1 aromatic rings. The zero-order valence-corrected chi connectivity index (χ0v) is 13.0. The first kappa shape index (κ1) is 14.5. The summed E-state index contributed by atoms with van der Waals surface area (Å²) in [6.07, 6.45) is 1.10. The summed E-state index contributed by atoms with van der Waals surface area (Å²) in [5.41, 5.74) is 11.9. The van der Waals surface area contributed by atoms with Crippen molar-refractivity contribution in [2.75, 3.05) is 19.8 Å².